The molecule has 250 valence electrons. The molecule has 9 aliphatic rings. The molecule has 4 unspecified atom stereocenters. The quantitative estimate of drug-likeness (QED) is 0.181. The smallest absolute Gasteiger partial charge is 0.347 e. The summed E-state index contributed by atoms with van der Waals surface area (Å²) in [5.41, 5.74) is -0.366. The maximum atomic E-state index is 13.7. The highest BCUT2D eigenvalue weighted by Gasteiger charge is 2.58. The summed E-state index contributed by atoms with van der Waals surface area (Å²) >= 11 is 0. The van der Waals surface area contributed by atoms with Gasteiger partial charge in [-0.1, -0.05) is 20.8 Å². The minimum Gasteiger partial charge on any atom is -0.463 e. The second-order valence-corrected chi connectivity index (χ2v) is 16.6. The van der Waals surface area contributed by atoms with E-state index in [1.165, 1.54) is 64.2 Å². The molecule has 8 saturated carbocycles. The number of hydrogen-bond donors (Lipinski definition) is 0. The summed E-state index contributed by atoms with van der Waals surface area (Å²) in [6.07, 6.45) is 12.9. The molecule has 0 amide bonds. The van der Waals surface area contributed by atoms with Crippen molar-refractivity contribution in [3.05, 3.63) is 0 Å². The van der Waals surface area contributed by atoms with Crippen molar-refractivity contribution in [1.82, 2.24) is 0 Å². The molecule has 0 spiro atoms. The van der Waals surface area contributed by atoms with E-state index in [4.69, 9.17) is 18.9 Å². The molecule has 0 radical (unpaired) electrons. The lowest BCUT2D eigenvalue weighted by Gasteiger charge is -2.60. The topological polar surface area (TPSA) is 105 Å². The fraction of sp³-hybridized carbons (Fsp3) is 0.892. The van der Waals surface area contributed by atoms with Gasteiger partial charge in [0.05, 0.1) is 6.61 Å². The molecule has 8 bridgehead atoms. The molecule has 8 nitrogen and oxygen atoms in total. The minimum atomic E-state index is -0.878. The fourth-order valence-electron chi connectivity index (χ4n) is 12.1. The number of carbonyl (C=O) groups excluding carboxylic acids is 4. The van der Waals surface area contributed by atoms with Crippen LogP contribution in [0.5, 0.6) is 0 Å². The van der Waals surface area contributed by atoms with E-state index in [0.717, 1.165) is 30.1 Å². The van der Waals surface area contributed by atoms with Crippen LogP contribution < -0.4 is 0 Å². The van der Waals surface area contributed by atoms with Crippen molar-refractivity contribution in [1.29, 1.82) is 0 Å². The molecule has 0 N–H and O–H groups in total. The lowest BCUT2D eigenvalue weighted by atomic mass is 9.49. The Morgan fingerprint density at radius 1 is 0.733 bits per heavy atom. The number of cyclic esters (lactones) is 1. The van der Waals surface area contributed by atoms with Crippen molar-refractivity contribution in [3.8, 4) is 0 Å². The van der Waals surface area contributed by atoms with Crippen molar-refractivity contribution in [2.45, 2.75) is 135 Å². The Balaban J connectivity index is 1.00. The van der Waals surface area contributed by atoms with Gasteiger partial charge in [0.25, 0.3) is 0 Å². The molecule has 1 aliphatic heterocycles. The number of carbonyl (C=O) groups is 4. The molecule has 1 heterocycles. The molecule has 9 fully saturated rings. The van der Waals surface area contributed by atoms with E-state index in [-0.39, 0.29) is 67.3 Å². The average molecular weight is 627 g/mol. The normalized spacial score (nSPS) is 42.6. The van der Waals surface area contributed by atoms with Gasteiger partial charge < -0.3 is 18.9 Å². The highest BCUT2D eigenvalue weighted by molar-refractivity contribution is 5.81. The van der Waals surface area contributed by atoms with Gasteiger partial charge >= 0.3 is 23.9 Å². The van der Waals surface area contributed by atoms with E-state index >= 15 is 0 Å². The number of ether oxygens (including phenoxy) is 4. The Bertz CT molecular complexity index is 1110. The van der Waals surface area contributed by atoms with Crippen LogP contribution >= 0.6 is 0 Å². The third kappa shape index (κ3) is 6.17. The molecule has 8 aliphatic carbocycles. The predicted octanol–water partition coefficient (Wildman–Crippen LogP) is 6.42. The van der Waals surface area contributed by atoms with Gasteiger partial charge in [0.1, 0.15) is 11.7 Å². The van der Waals surface area contributed by atoms with Gasteiger partial charge in [0, 0.05) is 25.7 Å². The molecule has 4 atom stereocenters. The highest BCUT2D eigenvalue weighted by Crippen LogP contribution is 2.61. The Labute approximate surface area is 268 Å². The summed E-state index contributed by atoms with van der Waals surface area (Å²) in [7, 11) is 0. The van der Waals surface area contributed by atoms with Crippen LogP contribution in [0, 0.1) is 65.1 Å². The summed E-state index contributed by atoms with van der Waals surface area (Å²) in [5, 5.41) is 0. The first-order chi connectivity index (χ1) is 21.6. The molecule has 45 heavy (non-hydrogen) atoms. The van der Waals surface area contributed by atoms with Crippen molar-refractivity contribution >= 4 is 23.9 Å². The summed E-state index contributed by atoms with van der Waals surface area (Å²) in [5.74, 6) is 2.95. The van der Waals surface area contributed by atoms with E-state index in [2.05, 4.69) is 6.92 Å². The molecule has 1 saturated heterocycles. The monoisotopic (exact) mass is 626 g/mol. The van der Waals surface area contributed by atoms with Crippen molar-refractivity contribution < 1.29 is 38.1 Å². The van der Waals surface area contributed by atoms with Gasteiger partial charge in [-0.3, -0.25) is 14.4 Å². The molecular weight excluding hydrogens is 572 g/mol. The third-order valence-corrected chi connectivity index (χ3v) is 13.8. The minimum absolute atomic E-state index is 0.0212. The van der Waals surface area contributed by atoms with Crippen molar-refractivity contribution in [3.63, 3.8) is 0 Å². The molecule has 0 aromatic heterocycles. The maximum Gasteiger partial charge on any atom is 0.347 e. The summed E-state index contributed by atoms with van der Waals surface area (Å²) in [6, 6.07) is 0. The van der Waals surface area contributed by atoms with Gasteiger partial charge in [-0.25, -0.2) is 4.79 Å². The average Bonchev–Trinajstić information content (AvgIpc) is 3.38. The summed E-state index contributed by atoms with van der Waals surface area (Å²) in [4.78, 5) is 52.2. The lowest BCUT2D eigenvalue weighted by molar-refractivity contribution is -0.212. The Morgan fingerprint density at radius 3 is 1.76 bits per heavy atom. The van der Waals surface area contributed by atoms with Crippen molar-refractivity contribution in [2.75, 3.05) is 6.61 Å². The molecule has 0 aromatic rings. The van der Waals surface area contributed by atoms with E-state index in [0.29, 0.717) is 30.1 Å². The van der Waals surface area contributed by atoms with E-state index < -0.39 is 18.0 Å². The van der Waals surface area contributed by atoms with Gasteiger partial charge in [-0.2, -0.15) is 0 Å². The first kappa shape index (κ1) is 31.5. The summed E-state index contributed by atoms with van der Waals surface area (Å²) < 4.78 is 23.2. The fourth-order valence-corrected chi connectivity index (χ4v) is 12.1. The highest BCUT2D eigenvalue weighted by atomic mass is 16.6. The zero-order chi connectivity index (χ0) is 31.5. The van der Waals surface area contributed by atoms with Gasteiger partial charge in [0.15, 0.2) is 0 Å². The predicted molar refractivity (Wildman–Crippen MR) is 164 cm³/mol. The van der Waals surface area contributed by atoms with Crippen molar-refractivity contribution in [2.24, 2.45) is 65.1 Å². The second-order valence-electron chi connectivity index (χ2n) is 16.6. The Morgan fingerprint density at radius 2 is 1.24 bits per heavy atom. The first-order valence-electron chi connectivity index (χ1n) is 18.4. The van der Waals surface area contributed by atoms with Crippen LogP contribution in [0.1, 0.15) is 117 Å². The van der Waals surface area contributed by atoms with E-state index in [9.17, 15) is 19.2 Å². The van der Waals surface area contributed by atoms with Crippen LogP contribution in [-0.2, 0) is 38.1 Å². The zero-order valence-corrected chi connectivity index (χ0v) is 27.6. The molecule has 9 rings (SSSR count). The number of hydrogen-bond acceptors (Lipinski definition) is 8. The second kappa shape index (κ2) is 12.5. The van der Waals surface area contributed by atoms with Crippen LogP contribution in [0.3, 0.4) is 0 Å². The van der Waals surface area contributed by atoms with Crippen LogP contribution in [0.15, 0.2) is 0 Å². The number of rotatable bonds is 12. The third-order valence-electron chi connectivity index (χ3n) is 13.8. The molecular formula is C37H54O8. The molecule has 8 heteroatoms. The van der Waals surface area contributed by atoms with Crippen LogP contribution in [0.25, 0.3) is 0 Å². The van der Waals surface area contributed by atoms with E-state index in [1.54, 1.807) is 0 Å². The van der Waals surface area contributed by atoms with Gasteiger partial charge in [0.2, 0.25) is 6.10 Å². The zero-order valence-electron chi connectivity index (χ0n) is 27.6. The van der Waals surface area contributed by atoms with Crippen LogP contribution in [0.4, 0.5) is 0 Å². The number of esters is 4. The van der Waals surface area contributed by atoms with Gasteiger partial charge in [-0.05, 0) is 136 Å². The maximum absolute atomic E-state index is 13.7. The summed E-state index contributed by atoms with van der Waals surface area (Å²) in [6.45, 7) is 6.38. The van der Waals surface area contributed by atoms with Gasteiger partial charge in [-0.15, -0.1) is 0 Å². The largest absolute Gasteiger partial charge is 0.463 e. The SMILES string of the molecule is CCC1(OC(=O)CC(C)C(CC(=O)OC2CCOC2=O)C(C)CC(=O)OC2C3CC4CC(C3)CC2C4)C2CC3CC(C2)CC1C3. The standard InChI is InChI=1S/C37H54O8/c1-4-37(28-15-24-10-25(17-28)18-29(37)16-24)45-34(40)8-21(3)30(19-33(39)43-31-5-6-42-36(31)41)20(2)7-32(38)44-35-26-11-22-9-23(13-26)14-27(35)12-22/h20-31,35H,4-19H2,1-3H3. The van der Waals surface area contributed by atoms with Crippen LogP contribution in [0.2, 0.25) is 0 Å². The molecule has 0 aromatic carbocycles. The Kier molecular flexibility index (Phi) is 8.73. The van der Waals surface area contributed by atoms with Crippen LogP contribution in [-0.4, -0.2) is 48.3 Å². The lowest BCUT2D eigenvalue weighted by Crippen LogP contribution is -2.59. The Hall–Kier alpha value is -2.12. The first-order valence-corrected chi connectivity index (χ1v) is 18.4. The van der Waals surface area contributed by atoms with E-state index in [1.807, 2.05) is 13.8 Å².